The molecule has 4 nitrogen and oxygen atoms in total. The van der Waals surface area contributed by atoms with Crippen molar-refractivity contribution in [2.24, 2.45) is 16.3 Å². The van der Waals surface area contributed by atoms with Crippen molar-refractivity contribution < 1.29 is 9.60 Å². The summed E-state index contributed by atoms with van der Waals surface area (Å²) >= 11 is 5.96. The van der Waals surface area contributed by atoms with Gasteiger partial charge in [0.15, 0.2) is 0 Å². The summed E-state index contributed by atoms with van der Waals surface area (Å²) in [7, 11) is 0. The Bertz CT molecular complexity index is 474. The van der Waals surface area contributed by atoms with Crippen LogP contribution in [0.15, 0.2) is 23.4 Å². The minimum absolute atomic E-state index is 0.00591. The highest BCUT2D eigenvalue weighted by molar-refractivity contribution is 6.33. The summed E-state index contributed by atoms with van der Waals surface area (Å²) in [6.07, 6.45) is 2.54. The van der Waals surface area contributed by atoms with Crippen molar-refractivity contribution in [3.05, 3.63) is 29.0 Å². The number of halogens is 2. The molecule has 98 valence electrons. The summed E-state index contributed by atoms with van der Waals surface area (Å²) in [4.78, 5) is 0. The summed E-state index contributed by atoms with van der Waals surface area (Å²) < 4.78 is 13.1. The fourth-order valence-corrected chi connectivity index (χ4v) is 2.11. The van der Waals surface area contributed by atoms with Crippen LogP contribution >= 0.6 is 11.6 Å². The third-order valence-corrected chi connectivity index (χ3v) is 3.55. The standard InChI is InChI=1S/C12H15ClFN3O/c13-9-2-1-8(14)5-10(9)16-7-12(3-4-12)6-11(15)17-18/h1-2,5,16,18H,3-4,6-7H2,(H2,15,17). The fourth-order valence-electron chi connectivity index (χ4n) is 1.93. The van der Waals surface area contributed by atoms with E-state index in [1.807, 2.05) is 0 Å². The predicted octanol–water partition coefficient (Wildman–Crippen LogP) is 2.81. The number of rotatable bonds is 5. The Hall–Kier alpha value is -1.49. The summed E-state index contributed by atoms with van der Waals surface area (Å²) in [5.74, 6) is -0.108. The monoisotopic (exact) mass is 271 g/mol. The Morgan fingerprint density at radius 1 is 1.56 bits per heavy atom. The first kappa shape index (κ1) is 13.0. The highest BCUT2D eigenvalue weighted by atomic mass is 35.5. The zero-order valence-electron chi connectivity index (χ0n) is 9.79. The van der Waals surface area contributed by atoms with Gasteiger partial charge in [-0.2, -0.15) is 0 Å². The molecule has 0 saturated heterocycles. The van der Waals surface area contributed by atoms with E-state index in [0.717, 1.165) is 12.8 Å². The van der Waals surface area contributed by atoms with Gasteiger partial charge in [-0.05, 0) is 36.5 Å². The van der Waals surface area contributed by atoms with Crippen molar-refractivity contribution in [1.82, 2.24) is 0 Å². The highest BCUT2D eigenvalue weighted by Gasteiger charge is 2.43. The summed E-state index contributed by atoms with van der Waals surface area (Å²) in [6.45, 7) is 0.631. The Balaban J connectivity index is 1.97. The zero-order valence-corrected chi connectivity index (χ0v) is 10.5. The van der Waals surface area contributed by atoms with Gasteiger partial charge in [0.1, 0.15) is 11.7 Å². The second kappa shape index (κ2) is 5.02. The number of anilines is 1. The molecule has 2 rings (SSSR count). The van der Waals surface area contributed by atoms with E-state index in [9.17, 15) is 4.39 Å². The van der Waals surface area contributed by atoms with E-state index in [1.165, 1.54) is 18.2 Å². The third-order valence-electron chi connectivity index (χ3n) is 3.22. The smallest absolute Gasteiger partial charge is 0.139 e. The van der Waals surface area contributed by atoms with Gasteiger partial charge < -0.3 is 16.3 Å². The predicted molar refractivity (Wildman–Crippen MR) is 69.6 cm³/mol. The maximum absolute atomic E-state index is 13.1. The SMILES string of the molecule is N/C(CC1(CNc2cc(F)ccc2Cl)CC1)=N/O. The fraction of sp³-hybridized carbons (Fsp3) is 0.417. The second-order valence-electron chi connectivity index (χ2n) is 4.75. The normalized spacial score (nSPS) is 17.6. The van der Waals surface area contributed by atoms with E-state index < -0.39 is 0 Å². The van der Waals surface area contributed by atoms with Crippen molar-refractivity contribution >= 4 is 23.1 Å². The number of benzene rings is 1. The van der Waals surface area contributed by atoms with Crippen LogP contribution < -0.4 is 11.1 Å². The van der Waals surface area contributed by atoms with Crippen LogP contribution in [-0.4, -0.2) is 17.6 Å². The molecule has 0 amide bonds. The lowest BCUT2D eigenvalue weighted by Crippen LogP contribution is -2.23. The first-order valence-corrected chi connectivity index (χ1v) is 6.08. The molecule has 0 spiro atoms. The van der Waals surface area contributed by atoms with Crippen LogP contribution in [0.1, 0.15) is 19.3 Å². The Kier molecular flexibility index (Phi) is 3.61. The minimum Gasteiger partial charge on any atom is -0.409 e. The molecule has 4 N–H and O–H groups in total. The lowest BCUT2D eigenvalue weighted by molar-refractivity contribution is 0.315. The Morgan fingerprint density at radius 3 is 2.89 bits per heavy atom. The molecule has 0 bridgehead atoms. The lowest BCUT2D eigenvalue weighted by Gasteiger charge is -2.16. The second-order valence-corrected chi connectivity index (χ2v) is 5.15. The number of oxime groups is 1. The van der Waals surface area contributed by atoms with Crippen LogP contribution in [0.2, 0.25) is 5.02 Å². The molecule has 0 aromatic heterocycles. The molecule has 1 fully saturated rings. The van der Waals surface area contributed by atoms with E-state index in [0.29, 0.717) is 23.7 Å². The van der Waals surface area contributed by atoms with Crippen LogP contribution in [0.5, 0.6) is 0 Å². The van der Waals surface area contributed by atoms with E-state index in [2.05, 4.69) is 10.5 Å². The molecule has 1 aromatic rings. The Morgan fingerprint density at radius 2 is 2.28 bits per heavy atom. The van der Waals surface area contributed by atoms with Gasteiger partial charge in [-0.1, -0.05) is 16.8 Å². The molecule has 0 heterocycles. The Labute approximate surface area is 110 Å². The quantitative estimate of drug-likeness (QED) is 0.334. The van der Waals surface area contributed by atoms with Crippen LogP contribution in [0.4, 0.5) is 10.1 Å². The van der Waals surface area contributed by atoms with Crippen LogP contribution in [0.25, 0.3) is 0 Å². The molecule has 1 aliphatic carbocycles. The summed E-state index contributed by atoms with van der Waals surface area (Å²) in [6, 6.07) is 4.20. The van der Waals surface area contributed by atoms with Gasteiger partial charge in [-0.25, -0.2) is 4.39 Å². The highest BCUT2D eigenvalue weighted by Crippen LogP contribution is 2.48. The first-order chi connectivity index (χ1) is 8.54. The van der Waals surface area contributed by atoms with E-state index in [-0.39, 0.29) is 17.1 Å². The van der Waals surface area contributed by atoms with Crippen molar-refractivity contribution in [3.63, 3.8) is 0 Å². The van der Waals surface area contributed by atoms with Crippen molar-refractivity contribution in [2.75, 3.05) is 11.9 Å². The molecule has 1 aromatic carbocycles. The van der Waals surface area contributed by atoms with Gasteiger partial charge in [-0.3, -0.25) is 0 Å². The largest absolute Gasteiger partial charge is 0.409 e. The minimum atomic E-state index is -0.330. The summed E-state index contributed by atoms with van der Waals surface area (Å²) in [5.41, 5.74) is 6.09. The van der Waals surface area contributed by atoms with Gasteiger partial charge in [-0.15, -0.1) is 0 Å². The third kappa shape index (κ3) is 3.04. The first-order valence-electron chi connectivity index (χ1n) is 5.70. The molecule has 0 atom stereocenters. The van der Waals surface area contributed by atoms with Crippen LogP contribution in [0, 0.1) is 11.2 Å². The topological polar surface area (TPSA) is 70.6 Å². The lowest BCUT2D eigenvalue weighted by atomic mass is 10.0. The molecule has 0 unspecified atom stereocenters. The molecule has 0 radical (unpaired) electrons. The average molecular weight is 272 g/mol. The van der Waals surface area contributed by atoms with Gasteiger partial charge in [0, 0.05) is 13.0 Å². The van der Waals surface area contributed by atoms with Gasteiger partial charge in [0.05, 0.1) is 10.7 Å². The average Bonchev–Trinajstić information content (AvgIpc) is 3.10. The van der Waals surface area contributed by atoms with Gasteiger partial charge in [0.25, 0.3) is 0 Å². The number of nitrogens with zero attached hydrogens (tertiary/aromatic N) is 1. The number of nitrogens with two attached hydrogens (primary N) is 1. The molecule has 1 aliphatic rings. The van der Waals surface area contributed by atoms with Crippen LogP contribution in [-0.2, 0) is 0 Å². The maximum Gasteiger partial charge on any atom is 0.139 e. The number of hydrogen-bond acceptors (Lipinski definition) is 3. The molecule has 18 heavy (non-hydrogen) atoms. The number of nitrogens with one attached hydrogen (secondary N) is 1. The number of hydrogen-bond donors (Lipinski definition) is 3. The van der Waals surface area contributed by atoms with Gasteiger partial charge in [0.2, 0.25) is 0 Å². The van der Waals surface area contributed by atoms with Crippen molar-refractivity contribution in [2.45, 2.75) is 19.3 Å². The van der Waals surface area contributed by atoms with Crippen LogP contribution in [0.3, 0.4) is 0 Å². The van der Waals surface area contributed by atoms with Gasteiger partial charge >= 0.3 is 0 Å². The number of amidine groups is 1. The molecular weight excluding hydrogens is 257 g/mol. The molecule has 6 heteroatoms. The van der Waals surface area contributed by atoms with E-state index in [1.54, 1.807) is 0 Å². The van der Waals surface area contributed by atoms with Crippen molar-refractivity contribution in [3.8, 4) is 0 Å². The molecule has 0 aliphatic heterocycles. The maximum atomic E-state index is 13.1. The summed E-state index contributed by atoms with van der Waals surface area (Å²) in [5, 5.41) is 15.1. The molecular formula is C12H15ClFN3O. The van der Waals surface area contributed by atoms with E-state index in [4.69, 9.17) is 22.5 Å². The molecule has 1 saturated carbocycles. The van der Waals surface area contributed by atoms with E-state index >= 15 is 0 Å². The van der Waals surface area contributed by atoms with Crippen molar-refractivity contribution in [1.29, 1.82) is 0 Å². The zero-order chi connectivity index (χ0) is 13.2.